The summed E-state index contributed by atoms with van der Waals surface area (Å²) >= 11 is 0. The van der Waals surface area contributed by atoms with Gasteiger partial charge in [0.15, 0.2) is 0 Å². The molecular weight excluding hydrogens is 504 g/mol. The van der Waals surface area contributed by atoms with Crippen LogP contribution in [0.25, 0.3) is 11.1 Å². The lowest BCUT2D eigenvalue weighted by molar-refractivity contribution is -0.121. The largest absolute Gasteiger partial charge is 0.446 e. The molecule has 0 spiro atoms. The van der Waals surface area contributed by atoms with E-state index in [9.17, 15) is 9.59 Å². The Morgan fingerprint density at radius 2 is 1.57 bits per heavy atom. The van der Waals surface area contributed by atoms with Crippen LogP contribution in [0.2, 0.25) is 0 Å². The van der Waals surface area contributed by atoms with Crippen LogP contribution >= 0.6 is 0 Å². The van der Waals surface area contributed by atoms with Gasteiger partial charge >= 0.3 is 6.09 Å². The van der Waals surface area contributed by atoms with Crippen LogP contribution in [0.1, 0.15) is 30.4 Å². The van der Waals surface area contributed by atoms with Crippen molar-refractivity contribution in [3.8, 4) is 11.1 Å². The third-order valence-corrected chi connectivity index (χ3v) is 7.09. The fourth-order valence-electron chi connectivity index (χ4n) is 4.84. The Kier molecular flexibility index (Phi) is 11.5. The predicted octanol–water partition coefficient (Wildman–Crippen LogP) is 4.20. The van der Waals surface area contributed by atoms with Crippen LogP contribution in [0.15, 0.2) is 78.9 Å². The molecular formula is C32H40N4O4. The Morgan fingerprint density at radius 1 is 0.875 bits per heavy atom. The molecule has 2 amide bonds. The first-order valence-electron chi connectivity index (χ1n) is 14.1. The maximum absolute atomic E-state index is 12.6. The van der Waals surface area contributed by atoms with Crippen LogP contribution < -0.4 is 16.0 Å². The Labute approximate surface area is 236 Å². The van der Waals surface area contributed by atoms with Crippen LogP contribution in [0.3, 0.4) is 0 Å². The molecule has 0 aromatic heterocycles. The molecule has 1 fully saturated rings. The highest BCUT2D eigenvalue weighted by atomic mass is 16.6. The highest BCUT2D eigenvalue weighted by Gasteiger charge is 2.22. The molecule has 4 rings (SSSR count). The number of carbonyl (C=O) groups excluding carboxylic acids is 2. The Hall–Kier alpha value is -3.72. The number of para-hydroxylation sites is 1. The number of anilines is 1. The van der Waals surface area contributed by atoms with Gasteiger partial charge in [-0.05, 0) is 42.0 Å². The number of nitrogens with zero attached hydrogens (tertiary/aromatic N) is 1. The second kappa shape index (κ2) is 15.8. The number of aryl methyl sites for hydroxylation is 1. The number of ether oxygens (including phenoxy) is 1. The average Bonchev–Trinajstić information content (AvgIpc) is 2.98. The first kappa shape index (κ1) is 29.3. The van der Waals surface area contributed by atoms with Crippen LogP contribution in [-0.4, -0.2) is 67.4 Å². The summed E-state index contributed by atoms with van der Waals surface area (Å²) in [5.74, 6) is 0.0550. The molecule has 0 bridgehead atoms. The summed E-state index contributed by atoms with van der Waals surface area (Å²) in [5, 5.41) is 17.9. The number of nitrogens with one attached hydrogen (secondary N) is 3. The summed E-state index contributed by atoms with van der Waals surface area (Å²) in [6.45, 7) is 4.48. The molecule has 0 radical (unpaired) electrons. The fraction of sp³-hybridized carbons (Fsp3) is 0.375. The molecule has 212 valence electrons. The summed E-state index contributed by atoms with van der Waals surface area (Å²) in [6, 6.07) is 25.9. The Balaban J connectivity index is 1.10. The van der Waals surface area contributed by atoms with Crippen molar-refractivity contribution < 1.29 is 19.4 Å². The highest BCUT2D eigenvalue weighted by Crippen LogP contribution is 2.28. The molecule has 1 aliphatic rings. The smallest absolute Gasteiger partial charge is 0.411 e. The van der Waals surface area contributed by atoms with Crippen molar-refractivity contribution in [1.82, 2.24) is 15.5 Å². The summed E-state index contributed by atoms with van der Waals surface area (Å²) in [6.07, 6.45) is 2.16. The molecule has 1 saturated heterocycles. The summed E-state index contributed by atoms with van der Waals surface area (Å²) in [7, 11) is 0. The van der Waals surface area contributed by atoms with E-state index in [1.54, 1.807) is 0 Å². The van der Waals surface area contributed by atoms with Crippen molar-refractivity contribution in [3.05, 3.63) is 90.0 Å². The molecule has 3 aromatic carbocycles. The van der Waals surface area contributed by atoms with Gasteiger partial charge in [0.05, 0.1) is 12.3 Å². The number of likely N-dealkylation sites (tertiary alicyclic amines) is 1. The van der Waals surface area contributed by atoms with Crippen LogP contribution in [0, 0.1) is 0 Å². The van der Waals surface area contributed by atoms with Crippen molar-refractivity contribution in [1.29, 1.82) is 0 Å². The van der Waals surface area contributed by atoms with E-state index in [1.807, 2.05) is 54.6 Å². The highest BCUT2D eigenvalue weighted by molar-refractivity contribution is 5.91. The van der Waals surface area contributed by atoms with Crippen molar-refractivity contribution in [2.45, 2.75) is 38.3 Å². The monoisotopic (exact) mass is 544 g/mol. The first-order chi connectivity index (χ1) is 19.6. The summed E-state index contributed by atoms with van der Waals surface area (Å²) in [4.78, 5) is 27.2. The molecule has 40 heavy (non-hydrogen) atoms. The van der Waals surface area contributed by atoms with Crippen molar-refractivity contribution in [2.75, 3.05) is 44.6 Å². The molecule has 0 atom stereocenters. The van der Waals surface area contributed by atoms with Gasteiger partial charge in [-0.1, -0.05) is 72.8 Å². The number of aliphatic hydroxyl groups excluding tert-OH is 1. The van der Waals surface area contributed by atoms with E-state index < -0.39 is 6.09 Å². The standard InChI is InChI=1S/C32H40N4O4/c37-23-19-33-24-26-12-10-25(11-13-26)14-15-31(38)34-18-22-36-20-16-28(17-21-36)40-32(39)35-30-9-5-4-8-29(30)27-6-2-1-3-7-27/h1-13,28,33,37H,14-24H2,(H,34,38)(H,35,39). The lowest BCUT2D eigenvalue weighted by atomic mass is 10.0. The van der Waals surface area contributed by atoms with Gasteiger partial charge in [-0.15, -0.1) is 0 Å². The molecule has 1 heterocycles. The summed E-state index contributed by atoms with van der Waals surface area (Å²) < 4.78 is 5.72. The molecule has 0 aliphatic carbocycles. The molecule has 1 aliphatic heterocycles. The number of benzene rings is 3. The molecule has 0 saturated carbocycles. The lowest BCUT2D eigenvalue weighted by Crippen LogP contribution is -2.42. The van der Waals surface area contributed by atoms with Gasteiger partial charge in [-0.2, -0.15) is 0 Å². The van der Waals surface area contributed by atoms with Gasteiger partial charge in [0.25, 0.3) is 0 Å². The van der Waals surface area contributed by atoms with Gasteiger partial charge < -0.3 is 25.4 Å². The van der Waals surface area contributed by atoms with Crippen molar-refractivity contribution >= 4 is 17.7 Å². The first-order valence-corrected chi connectivity index (χ1v) is 14.1. The van der Waals surface area contributed by atoms with E-state index >= 15 is 0 Å². The minimum absolute atomic E-state index is 0.0550. The summed E-state index contributed by atoms with van der Waals surface area (Å²) in [5.41, 5.74) is 5.02. The topological polar surface area (TPSA) is 103 Å². The van der Waals surface area contributed by atoms with E-state index in [0.717, 1.165) is 67.0 Å². The zero-order chi connectivity index (χ0) is 28.0. The van der Waals surface area contributed by atoms with E-state index in [0.29, 0.717) is 25.9 Å². The van der Waals surface area contributed by atoms with Crippen LogP contribution in [0.4, 0.5) is 10.5 Å². The SMILES string of the molecule is O=C(CCc1ccc(CNCCO)cc1)NCCN1CCC(OC(=O)Nc2ccccc2-c2ccccc2)CC1. The lowest BCUT2D eigenvalue weighted by Gasteiger charge is -2.31. The zero-order valence-electron chi connectivity index (χ0n) is 23.0. The molecule has 4 N–H and O–H groups in total. The second-order valence-corrected chi connectivity index (χ2v) is 10.0. The molecule has 3 aromatic rings. The van der Waals surface area contributed by atoms with Crippen molar-refractivity contribution in [2.24, 2.45) is 0 Å². The number of aliphatic hydroxyl groups is 1. The number of hydrogen-bond acceptors (Lipinski definition) is 6. The normalized spacial score (nSPS) is 14.0. The third kappa shape index (κ3) is 9.48. The van der Waals surface area contributed by atoms with Gasteiger partial charge in [0.2, 0.25) is 5.91 Å². The van der Waals surface area contributed by atoms with Crippen LogP contribution in [-0.2, 0) is 22.5 Å². The average molecular weight is 545 g/mol. The fourth-order valence-corrected chi connectivity index (χ4v) is 4.84. The number of piperidine rings is 1. The van der Waals surface area contributed by atoms with Gasteiger partial charge in [0.1, 0.15) is 6.10 Å². The van der Waals surface area contributed by atoms with Gasteiger partial charge in [-0.3, -0.25) is 10.1 Å². The van der Waals surface area contributed by atoms with Crippen molar-refractivity contribution in [3.63, 3.8) is 0 Å². The second-order valence-electron chi connectivity index (χ2n) is 10.0. The van der Waals surface area contributed by atoms with E-state index in [-0.39, 0.29) is 18.6 Å². The maximum Gasteiger partial charge on any atom is 0.411 e. The minimum Gasteiger partial charge on any atom is -0.446 e. The van der Waals surface area contributed by atoms with Crippen LogP contribution in [0.5, 0.6) is 0 Å². The van der Waals surface area contributed by atoms with Gasteiger partial charge in [0, 0.05) is 51.3 Å². The Morgan fingerprint density at radius 3 is 2.33 bits per heavy atom. The quantitative estimate of drug-likeness (QED) is 0.241. The van der Waals surface area contributed by atoms with E-state index in [2.05, 4.69) is 45.1 Å². The molecule has 8 heteroatoms. The zero-order valence-corrected chi connectivity index (χ0v) is 23.0. The Bertz CT molecular complexity index is 1200. The van der Waals surface area contributed by atoms with E-state index in [1.165, 1.54) is 0 Å². The molecule has 0 unspecified atom stereocenters. The van der Waals surface area contributed by atoms with Gasteiger partial charge in [-0.25, -0.2) is 4.79 Å². The number of amides is 2. The van der Waals surface area contributed by atoms with E-state index in [4.69, 9.17) is 9.84 Å². The minimum atomic E-state index is -0.429. The number of hydrogen-bond donors (Lipinski definition) is 4. The number of carbonyl (C=O) groups is 2. The maximum atomic E-state index is 12.6. The predicted molar refractivity (Wildman–Crippen MR) is 158 cm³/mol. The molecule has 8 nitrogen and oxygen atoms in total. The number of rotatable bonds is 13. The third-order valence-electron chi connectivity index (χ3n) is 7.09.